The van der Waals surface area contributed by atoms with Crippen molar-refractivity contribution in [1.29, 1.82) is 0 Å². The normalized spacial score (nSPS) is 22.8. The number of benzene rings is 1. The first-order valence-electron chi connectivity index (χ1n) is 8.40. The van der Waals surface area contributed by atoms with Gasteiger partial charge in [0, 0.05) is 43.1 Å². The van der Waals surface area contributed by atoms with Gasteiger partial charge in [0.2, 0.25) is 5.95 Å². The van der Waals surface area contributed by atoms with Crippen LogP contribution in [0.15, 0.2) is 36.7 Å². The van der Waals surface area contributed by atoms with E-state index in [1.807, 2.05) is 0 Å². The van der Waals surface area contributed by atoms with E-state index in [9.17, 15) is 9.18 Å². The molecule has 25 heavy (non-hydrogen) atoms. The predicted molar refractivity (Wildman–Crippen MR) is 93.2 cm³/mol. The van der Waals surface area contributed by atoms with Crippen LogP contribution in [0, 0.1) is 11.7 Å². The smallest absolute Gasteiger partial charge is 0.257 e. The molecule has 3 fully saturated rings. The molecule has 1 aromatic carbocycles. The van der Waals surface area contributed by atoms with Crippen molar-refractivity contribution < 1.29 is 9.18 Å². The Bertz CT molecular complexity index is 788. The van der Waals surface area contributed by atoms with Crippen LogP contribution >= 0.6 is 11.6 Å². The van der Waals surface area contributed by atoms with Crippen molar-refractivity contribution in [1.82, 2.24) is 14.9 Å². The molecule has 5 rings (SSSR count). The number of amides is 1. The summed E-state index contributed by atoms with van der Waals surface area (Å²) in [7, 11) is 0. The largest absolute Gasteiger partial charge is 0.338 e. The summed E-state index contributed by atoms with van der Waals surface area (Å²) in [6.07, 6.45) is 5.40. The molecule has 0 unspecified atom stereocenters. The molecule has 0 aliphatic carbocycles. The molecule has 0 spiro atoms. The first-order chi connectivity index (χ1) is 12.1. The Labute approximate surface area is 150 Å². The van der Waals surface area contributed by atoms with E-state index in [2.05, 4.69) is 14.9 Å². The van der Waals surface area contributed by atoms with Crippen molar-refractivity contribution >= 4 is 23.5 Å². The van der Waals surface area contributed by atoms with Gasteiger partial charge in [0.25, 0.3) is 5.91 Å². The average Bonchev–Trinajstić information content (AvgIpc) is 2.96. The number of hydrogen-bond donors (Lipinski definition) is 0. The van der Waals surface area contributed by atoms with Crippen LogP contribution in [0.2, 0.25) is 5.02 Å². The molecule has 0 saturated carbocycles. The Hall–Kier alpha value is -2.21. The van der Waals surface area contributed by atoms with Crippen LogP contribution in [0.5, 0.6) is 0 Å². The minimum absolute atomic E-state index is 0.0217. The lowest BCUT2D eigenvalue weighted by atomic mass is 9.94. The molecule has 3 saturated heterocycles. The number of carbonyl (C=O) groups is 1. The molecule has 3 aliphatic heterocycles. The second-order valence-electron chi connectivity index (χ2n) is 6.63. The number of halogens is 2. The molecular weight excluding hydrogens is 343 g/mol. The third-order valence-corrected chi connectivity index (χ3v) is 5.20. The van der Waals surface area contributed by atoms with E-state index in [-0.39, 0.29) is 17.5 Å². The van der Waals surface area contributed by atoms with E-state index >= 15 is 0 Å². The fourth-order valence-corrected chi connectivity index (χ4v) is 3.94. The molecule has 2 atom stereocenters. The number of fused-ring (bicyclic) bond motifs is 4. The monoisotopic (exact) mass is 360 g/mol. The molecule has 2 bridgehead atoms. The van der Waals surface area contributed by atoms with Crippen LogP contribution in [0.3, 0.4) is 0 Å². The van der Waals surface area contributed by atoms with E-state index < -0.39 is 5.82 Å². The van der Waals surface area contributed by atoms with Crippen LogP contribution in [-0.4, -0.2) is 46.5 Å². The molecule has 2 aromatic rings. The molecule has 0 radical (unpaired) electrons. The Morgan fingerprint density at radius 2 is 1.96 bits per heavy atom. The zero-order valence-corrected chi connectivity index (χ0v) is 14.4. The summed E-state index contributed by atoms with van der Waals surface area (Å²) in [5, 5.41) is 0.365. The summed E-state index contributed by atoms with van der Waals surface area (Å²) in [5.74, 6) is 0.194. The molecule has 1 aromatic heterocycles. The maximum Gasteiger partial charge on any atom is 0.257 e. The summed E-state index contributed by atoms with van der Waals surface area (Å²) in [4.78, 5) is 25.5. The Morgan fingerprint density at radius 3 is 2.76 bits per heavy atom. The summed E-state index contributed by atoms with van der Waals surface area (Å²) in [5.41, 5.74) is 0.0440. The fraction of sp³-hybridized carbons (Fsp3) is 0.389. The number of hydrogen-bond acceptors (Lipinski definition) is 4. The highest BCUT2D eigenvalue weighted by Crippen LogP contribution is 2.31. The number of rotatable bonds is 2. The third kappa shape index (κ3) is 3.18. The second kappa shape index (κ2) is 6.59. The Balaban J connectivity index is 1.60. The van der Waals surface area contributed by atoms with Gasteiger partial charge in [-0.3, -0.25) is 4.79 Å². The van der Waals surface area contributed by atoms with Crippen molar-refractivity contribution in [3.05, 3.63) is 53.1 Å². The van der Waals surface area contributed by atoms with Gasteiger partial charge in [-0.1, -0.05) is 11.6 Å². The van der Waals surface area contributed by atoms with Crippen LogP contribution in [0.4, 0.5) is 10.3 Å². The Kier molecular flexibility index (Phi) is 4.29. The van der Waals surface area contributed by atoms with E-state index in [0.717, 1.165) is 19.4 Å². The molecular formula is C18H18ClFN4O. The van der Waals surface area contributed by atoms with Gasteiger partial charge in [-0.25, -0.2) is 14.4 Å². The van der Waals surface area contributed by atoms with Crippen molar-refractivity contribution in [2.45, 2.75) is 18.9 Å². The average molecular weight is 361 g/mol. The molecule has 130 valence electrons. The van der Waals surface area contributed by atoms with Gasteiger partial charge in [0.15, 0.2) is 0 Å². The number of piperidine rings is 1. The zero-order valence-electron chi connectivity index (χ0n) is 13.6. The Morgan fingerprint density at radius 1 is 1.16 bits per heavy atom. The van der Waals surface area contributed by atoms with Crippen molar-refractivity contribution in [3.8, 4) is 0 Å². The third-order valence-electron chi connectivity index (χ3n) is 4.97. The van der Waals surface area contributed by atoms with Gasteiger partial charge in [0.1, 0.15) is 5.82 Å². The van der Waals surface area contributed by atoms with E-state index in [1.54, 1.807) is 23.4 Å². The van der Waals surface area contributed by atoms with E-state index in [4.69, 9.17) is 11.6 Å². The van der Waals surface area contributed by atoms with Crippen molar-refractivity contribution in [3.63, 3.8) is 0 Å². The van der Waals surface area contributed by atoms with Gasteiger partial charge in [0.05, 0.1) is 5.56 Å². The highest BCUT2D eigenvalue weighted by Gasteiger charge is 2.38. The van der Waals surface area contributed by atoms with E-state index in [1.165, 1.54) is 18.2 Å². The summed E-state index contributed by atoms with van der Waals surface area (Å²) < 4.78 is 14.1. The minimum Gasteiger partial charge on any atom is -0.338 e. The van der Waals surface area contributed by atoms with Gasteiger partial charge >= 0.3 is 0 Å². The lowest BCUT2D eigenvalue weighted by molar-refractivity contribution is 0.0587. The van der Waals surface area contributed by atoms with Gasteiger partial charge < -0.3 is 9.80 Å². The number of anilines is 1. The molecule has 0 N–H and O–H groups in total. The summed E-state index contributed by atoms with van der Waals surface area (Å²) >= 11 is 5.95. The van der Waals surface area contributed by atoms with Crippen LogP contribution < -0.4 is 4.90 Å². The lowest BCUT2D eigenvalue weighted by Gasteiger charge is -2.36. The maximum atomic E-state index is 14.1. The molecule has 4 heterocycles. The lowest BCUT2D eigenvalue weighted by Crippen LogP contribution is -2.47. The summed E-state index contributed by atoms with van der Waals surface area (Å²) in [6, 6.07) is 5.92. The van der Waals surface area contributed by atoms with Gasteiger partial charge in [-0.05, 0) is 43.0 Å². The highest BCUT2D eigenvalue weighted by molar-refractivity contribution is 6.31. The van der Waals surface area contributed by atoms with Crippen LogP contribution in [0.25, 0.3) is 0 Å². The molecule has 3 aliphatic rings. The van der Waals surface area contributed by atoms with Crippen molar-refractivity contribution in [2.24, 2.45) is 5.92 Å². The molecule has 7 heteroatoms. The predicted octanol–water partition coefficient (Wildman–Crippen LogP) is 3.01. The van der Waals surface area contributed by atoms with Crippen molar-refractivity contribution in [2.75, 3.05) is 24.5 Å². The summed E-state index contributed by atoms with van der Waals surface area (Å²) in [6.45, 7) is 2.09. The SMILES string of the molecule is O=C(c1cc(Cl)ccc1F)N1C[C@H]2CC[C@@H]1CN(c1ncccn1)C2. The topological polar surface area (TPSA) is 49.3 Å². The van der Waals surface area contributed by atoms with Gasteiger partial charge in [-0.2, -0.15) is 0 Å². The van der Waals surface area contributed by atoms with E-state index in [0.29, 0.717) is 30.0 Å². The first kappa shape index (κ1) is 16.3. The second-order valence-corrected chi connectivity index (χ2v) is 7.07. The first-order valence-corrected chi connectivity index (χ1v) is 8.77. The quantitative estimate of drug-likeness (QED) is 0.826. The number of carbonyl (C=O) groups excluding carboxylic acids is 1. The molecule has 1 amide bonds. The van der Waals surface area contributed by atoms with Gasteiger partial charge in [-0.15, -0.1) is 0 Å². The highest BCUT2D eigenvalue weighted by atomic mass is 35.5. The minimum atomic E-state index is -0.530. The maximum absolute atomic E-state index is 14.1. The molecule has 5 nitrogen and oxygen atoms in total. The zero-order chi connectivity index (χ0) is 17.4. The van der Waals surface area contributed by atoms with Crippen LogP contribution in [0.1, 0.15) is 23.2 Å². The van der Waals surface area contributed by atoms with Crippen LogP contribution in [-0.2, 0) is 0 Å². The fourth-order valence-electron chi connectivity index (χ4n) is 3.76. The standard InChI is InChI=1S/C18H18ClFN4O/c19-13-3-5-16(20)15(8-13)17(25)24-10-12-2-4-14(24)11-23(9-12)18-21-6-1-7-22-18/h1,3,5-8,12,14H,2,4,9-11H2/t12-,14+/m0/s1. The number of aromatic nitrogens is 2. The number of nitrogens with zero attached hydrogens (tertiary/aromatic N) is 4.